The van der Waals surface area contributed by atoms with Crippen molar-refractivity contribution in [2.75, 3.05) is 7.05 Å². The van der Waals surface area contributed by atoms with Crippen LogP contribution >= 0.6 is 0 Å². The fourth-order valence-corrected chi connectivity index (χ4v) is 2.71. The average Bonchev–Trinajstić information content (AvgIpc) is 2.37. The van der Waals surface area contributed by atoms with E-state index < -0.39 is 38.7 Å². The lowest BCUT2D eigenvalue weighted by atomic mass is 10.2. The Labute approximate surface area is 114 Å². The Bertz CT molecular complexity index is 644. The van der Waals surface area contributed by atoms with E-state index in [0.717, 1.165) is 12.1 Å². The van der Waals surface area contributed by atoms with Gasteiger partial charge in [0.1, 0.15) is 10.7 Å². The van der Waals surface area contributed by atoms with Crippen molar-refractivity contribution >= 4 is 21.9 Å². The van der Waals surface area contributed by atoms with Gasteiger partial charge in [0.25, 0.3) is 0 Å². The fraction of sp³-hybridized carbons (Fsp3) is 0.273. The lowest BCUT2D eigenvalue weighted by Crippen LogP contribution is -2.43. The van der Waals surface area contributed by atoms with Gasteiger partial charge in [-0.3, -0.25) is 4.79 Å². The van der Waals surface area contributed by atoms with Crippen LogP contribution in [0.15, 0.2) is 23.1 Å². The molecule has 0 aliphatic carbocycles. The maximum absolute atomic E-state index is 13.5. The topological polar surface area (TPSA) is 113 Å². The van der Waals surface area contributed by atoms with E-state index in [9.17, 15) is 22.4 Å². The number of amides is 1. The van der Waals surface area contributed by atoms with Gasteiger partial charge in [-0.05, 0) is 25.1 Å². The summed E-state index contributed by atoms with van der Waals surface area (Å²) in [6.45, 7) is 1.27. The Morgan fingerprint density at radius 3 is 2.45 bits per heavy atom. The highest BCUT2D eigenvalue weighted by Gasteiger charge is 2.25. The number of hydrogen-bond donors (Lipinski definition) is 3. The molecule has 7 nitrogen and oxygen atoms in total. The van der Waals surface area contributed by atoms with Crippen molar-refractivity contribution in [3.05, 3.63) is 29.6 Å². The molecule has 0 aliphatic heterocycles. The third kappa shape index (κ3) is 3.52. The van der Waals surface area contributed by atoms with Crippen molar-refractivity contribution in [2.24, 2.45) is 0 Å². The molecule has 0 heterocycles. The van der Waals surface area contributed by atoms with Crippen LogP contribution in [0.5, 0.6) is 0 Å². The van der Waals surface area contributed by atoms with Crippen LogP contribution in [0.2, 0.25) is 0 Å². The number of carbonyl (C=O) groups excluding carboxylic acids is 1. The smallest absolute Gasteiger partial charge is 0.335 e. The number of halogens is 1. The van der Waals surface area contributed by atoms with Crippen LogP contribution in [-0.4, -0.2) is 38.5 Å². The van der Waals surface area contributed by atoms with Crippen molar-refractivity contribution in [2.45, 2.75) is 17.9 Å². The molecular formula is C11H13FN2O5S. The number of benzene rings is 1. The number of nitrogens with one attached hydrogen (secondary N) is 2. The van der Waals surface area contributed by atoms with Gasteiger partial charge < -0.3 is 10.4 Å². The zero-order chi connectivity index (χ0) is 15.5. The standard InChI is InChI=1S/C11H13FN2O5S/c1-6(10(15)13-2)14-20(18,19)9-5-7(11(16)17)3-4-8(9)12/h3-6,14H,1-2H3,(H,13,15)(H,16,17). The minimum absolute atomic E-state index is 0.376. The highest BCUT2D eigenvalue weighted by Crippen LogP contribution is 2.17. The molecule has 0 saturated carbocycles. The zero-order valence-corrected chi connectivity index (χ0v) is 11.5. The van der Waals surface area contributed by atoms with Gasteiger partial charge in [0, 0.05) is 7.05 Å². The molecule has 0 bridgehead atoms. The van der Waals surface area contributed by atoms with Gasteiger partial charge in [0.05, 0.1) is 11.6 Å². The first-order valence-electron chi connectivity index (χ1n) is 5.46. The number of carboxylic acid groups (broad SMARTS) is 1. The minimum atomic E-state index is -4.35. The van der Waals surface area contributed by atoms with E-state index in [2.05, 4.69) is 5.32 Å². The first-order chi connectivity index (χ1) is 9.19. The number of likely N-dealkylation sites (N-methyl/N-ethyl adjacent to an activating group) is 1. The number of carboxylic acids is 1. The molecule has 0 saturated heterocycles. The molecule has 1 amide bonds. The average molecular weight is 304 g/mol. The molecule has 3 N–H and O–H groups in total. The van der Waals surface area contributed by atoms with Gasteiger partial charge in [-0.2, -0.15) is 4.72 Å². The maximum Gasteiger partial charge on any atom is 0.335 e. The molecule has 0 aliphatic rings. The van der Waals surface area contributed by atoms with Crippen molar-refractivity contribution in [1.82, 2.24) is 10.0 Å². The molecule has 1 unspecified atom stereocenters. The van der Waals surface area contributed by atoms with Gasteiger partial charge >= 0.3 is 5.97 Å². The summed E-state index contributed by atoms with van der Waals surface area (Å²) < 4.78 is 39.4. The summed E-state index contributed by atoms with van der Waals surface area (Å²) in [5.74, 6) is -3.10. The van der Waals surface area contributed by atoms with Crippen LogP contribution < -0.4 is 10.0 Å². The SMILES string of the molecule is CNC(=O)C(C)NS(=O)(=O)c1cc(C(=O)O)ccc1F. The van der Waals surface area contributed by atoms with Gasteiger partial charge in [0.2, 0.25) is 15.9 Å². The molecule has 0 fully saturated rings. The van der Waals surface area contributed by atoms with Crippen LogP contribution in [0.3, 0.4) is 0 Å². The van der Waals surface area contributed by atoms with E-state index in [4.69, 9.17) is 5.11 Å². The molecule has 1 aromatic rings. The summed E-state index contributed by atoms with van der Waals surface area (Å²) in [5, 5.41) is 11.0. The molecule has 0 radical (unpaired) electrons. The van der Waals surface area contributed by atoms with Crippen LogP contribution in [0.25, 0.3) is 0 Å². The van der Waals surface area contributed by atoms with E-state index in [0.29, 0.717) is 6.07 Å². The van der Waals surface area contributed by atoms with Gasteiger partial charge in [-0.15, -0.1) is 0 Å². The largest absolute Gasteiger partial charge is 0.478 e. The molecule has 1 aromatic carbocycles. The van der Waals surface area contributed by atoms with E-state index in [1.54, 1.807) is 0 Å². The number of sulfonamides is 1. The maximum atomic E-state index is 13.5. The normalized spacial score (nSPS) is 12.8. The number of carbonyl (C=O) groups is 2. The monoisotopic (exact) mass is 304 g/mol. The highest BCUT2D eigenvalue weighted by molar-refractivity contribution is 7.89. The summed E-state index contributed by atoms with van der Waals surface area (Å²) in [6.07, 6.45) is 0. The van der Waals surface area contributed by atoms with Crippen molar-refractivity contribution in [3.8, 4) is 0 Å². The Morgan fingerprint density at radius 2 is 1.95 bits per heavy atom. The summed E-state index contributed by atoms with van der Waals surface area (Å²) >= 11 is 0. The van der Waals surface area contributed by atoms with Crippen LogP contribution in [0.1, 0.15) is 17.3 Å². The predicted octanol–water partition coefficient (Wildman–Crippen LogP) is -0.0633. The van der Waals surface area contributed by atoms with E-state index in [1.165, 1.54) is 14.0 Å². The molecule has 9 heteroatoms. The third-order valence-electron chi connectivity index (χ3n) is 2.44. The summed E-state index contributed by atoms with van der Waals surface area (Å²) in [4.78, 5) is 21.2. The zero-order valence-electron chi connectivity index (χ0n) is 10.7. The number of hydrogen-bond acceptors (Lipinski definition) is 4. The Kier molecular flexibility index (Phi) is 4.79. The molecule has 0 aromatic heterocycles. The lowest BCUT2D eigenvalue weighted by molar-refractivity contribution is -0.121. The van der Waals surface area contributed by atoms with Crippen molar-refractivity contribution in [1.29, 1.82) is 0 Å². The van der Waals surface area contributed by atoms with Gasteiger partial charge in [0.15, 0.2) is 0 Å². The molecule has 110 valence electrons. The summed E-state index contributed by atoms with van der Waals surface area (Å²) in [6, 6.07) is 1.25. The molecular weight excluding hydrogens is 291 g/mol. The number of rotatable bonds is 5. The first kappa shape index (κ1) is 16.1. The first-order valence-corrected chi connectivity index (χ1v) is 6.94. The second-order valence-electron chi connectivity index (χ2n) is 3.91. The van der Waals surface area contributed by atoms with Crippen LogP contribution in [-0.2, 0) is 14.8 Å². The van der Waals surface area contributed by atoms with Crippen molar-refractivity contribution < 1.29 is 27.5 Å². The summed E-state index contributed by atoms with van der Waals surface area (Å²) in [5.41, 5.74) is -0.376. The van der Waals surface area contributed by atoms with Gasteiger partial charge in [-0.1, -0.05) is 0 Å². The van der Waals surface area contributed by atoms with Crippen LogP contribution in [0, 0.1) is 5.82 Å². The summed E-state index contributed by atoms with van der Waals surface area (Å²) in [7, 11) is -3.03. The minimum Gasteiger partial charge on any atom is -0.478 e. The second-order valence-corrected chi connectivity index (χ2v) is 5.59. The Hall–Kier alpha value is -2.00. The number of aromatic carboxylic acids is 1. The quantitative estimate of drug-likeness (QED) is 0.705. The third-order valence-corrected chi connectivity index (χ3v) is 4.00. The molecule has 20 heavy (non-hydrogen) atoms. The van der Waals surface area contributed by atoms with Crippen LogP contribution in [0.4, 0.5) is 4.39 Å². The van der Waals surface area contributed by atoms with E-state index in [-0.39, 0.29) is 5.56 Å². The van der Waals surface area contributed by atoms with E-state index in [1.807, 2.05) is 4.72 Å². The predicted molar refractivity (Wildman–Crippen MR) is 67.2 cm³/mol. The molecule has 1 atom stereocenters. The molecule has 1 rings (SSSR count). The van der Waals surface area contributed by atoms with Crippen molar-refractivity contribution in [3.63, 3.8) is 0 Å². The Morgan fingerprint density at radius 1 is 1.35 bits per heavy atom. The fourth-order valence-electron chi connectivity index (χ4n) is 1.41. The lowest BCUT2D eigenvalue weighted by Gasteiger charge is -2.13. The Balaban J connectivity index is 3.18. The van der Waals surface area contributed by atoms with Gasteiger partial charge in [-0.25, -0.2) is 17.6 Å². The second kappa shape index (κ2) is 5.97. The molecule has 0 spiro atoms. The van der Waals surface area contributed by atoms with E-state index >= 15 is 0 Å². The highest BCUT2D eigenvalue weighted by atomic mass is 32.2.